The number of hydrogen-bond acceptors (Lipinski definition) is 1. The third-order valence-electron chi connectivity index (χ3n) is 1.65. The smallest absolute Gasteiger partial charge is 0.0799 e. The fourth-order valence-corrected chi connectivity index (χ4v) is 1.56. The zero-order valence-corrected chi connectivity index (χ0v) is 8.90. The molecule has 0 saturated carbocycles. The molecule has 1 N–H and O–H groups in total. The van der Waals surface area contributed by atoms with Gasteiger partial charge in [-0.1, -0.05) is 44.3 Å². The van der Waals surface area contributed by atoms with Crippen LogP contribution in [-0.4, -0.2) is 4.99 Å². The molecule has 0 fully saturated rings. The molecule has 1 nitrogen and oxygen atoms in total. The zero-order chi connectivity index (χ0) is 9.68. The minimum Gasteiger partial charge on any atom is -0.350 e. The van der Waals surface area contributed by atoms with Crippen LogP contribution < -0.4 is 5.32 Å². The highest BCUT2D eigenvalue weighted by molar-refractivity contribution is 7.80. The first kappa shape index (κ1) is 10.2. The van der Waals surface area contributed by atoms with E-state index >= 15 is 0 Å². The molecule has 0 aromatic heterocycles. The number of rotatable bonds is 3. The van der Waals surface area contributed by atoms with E-state index in [2.05, 4.69) is 19.2 Å². The molecule has 0 atom stereocenters. The standard InChI is InChI=1S/C11H15NS/c1-9(2)8-11(13)12-10-6-4-3-5-7-10/h3-7,9H,8H2,1-2H3,(H,12,13). The third kappa shape index (κ3) is 4.04. The summed E-state index contributed by atoms with van der Waals surface area (Å²) in [5, 5.41) is 3.20. The predicted octanol–water partition coefficient (Wildman–Crippen LogP) is 3.47. The molecular formula is C11H15NS. The van der Waals surface area contributed by atoms with Crippen LogP contribution in [-0.2, 0) is 0 Å². The lowest BCUT2D eigenvalue weighted by atomic mass is 10.1. The Morgan fingerprint density at radius 2 is 1.92 bits per heavy atom. The average Bonchev–Trinajstić information content (AvgIpc) is 2.04. The van der Waals surface area contributed by atoms with Gasteiger partial charge in [0.1, 0.15) is 0 Å². The van der Waals surface area contributed by atoms with Gasteiger partial charge in [-0.15, -0.1) is 0 Å². The Kier molecular flexibility index (Phi) is 3.90. The van der Waals surface area contributed by atoms with E-state index in [-0.39, 0.29) is 0 Å². The molecule has 0 spiro atoms. The highest BCUT2D eigenvalue weighted by Crippen LogP contribution is 2.08. The van der Waals surface area contributed by atoms with Crippen molar-refractivity contribution in [2.75, 3.05) is 5.32 Å². The van der Waals surface area contributed by atoms with Gasteiger partial charge in [0.05, 0.1) is 4.99 Å². The first-order valence-electron chi connectivity index (χ1n) is 4.53. The van der Waals surface area contributed by atoms with Crippen molar-refractivity contribution >= 4 is 22.9 Å². The van der Waals surface area contributed by atoms with E-state index in [1.54, 1.807) is 0 Å². The number of nitrogens with one attached hydrogen (secondary N) is 1. The van der Waals surface area contributed by atoms with Crippen molar-refractivity contribution in [1.82, 2.24) is 0 Å². The fourth-order valence-electron chi connectivity index (χ4n) is 1.10. The number of thiocarbonyl (C=S) groups is 1. The lowest BCUT2D eigenvalue weighted by molar-refractivity contribution is 0.687. The average molecular weight is 193 g/mol. The van der Waals surface area contributed by atoms with Crippen LogP contribution >= 0.6 is 12.2 Å². The van der Waals surface area contributed by atoms with Crippen molar-refractivity contribution in [2.45, 2.75) is 20.3 Å². The molecule has 0 unspecified atom stereocenters. The second kappa shape index (κ2) is 4.97. The quantitative estimate of drug-likeness (QED) is 0.738. The van der Waals surface area contributed by atoms with E-state index < -0.39 is 0 Å². The SMILES string of the molecule is CC(C)CC(=S)Nc1ccccc1. The first-order valence-corrected chi connectivity index (χ1v) is 4.94. The van der Waals surface area contributed by atoms with Gasteiger partial charge in [-0.05, 0) is 18.1 Å². The van der Waals surface area contributed by atoms with Gasteiger partial charge in [0.15, 0.2) is 0 Å². The van der Waals surface area contributed by atoms with E-state index in [0.29, 0.717) is 5.92 Å². The van der Waals surface area contributed by atoms with Crippen LogP contribution in [0.25, 0.3) is 0 Å². The highest BCUT2D eigenvalue weighted by atomic mass is 32.1. The molecule has 0 aliphatic rings. The molecule has 1 rings (SSSR count). The topological polar surface area (TPSA) is 12.0 Å². The van der Waals surface area contributed by atoms with Gasteiger partial charge in [0.25, 0.3) is 0 Å². The summed E-state index contributed by atoms with van der Waals surface area (Å²) < 4.78 is 0. The number of benzene rings is 1. The van der Waals surface area contributed by atoms with Crippen LogP contribution in [0.4, 0.5) is 5.69 Å². The van der Waals surface area contributed by atoms with E-state index in [0.717, 1.165) is 17.1 Å². The summed E-state index contributed by atoms with van der Waals surface area (Å²) in [6, 6.07) is 10.0. The minimum absolute atomic E-state index is 0.615. The molecule has 1 aromatic rings. The van der Waals surface area contributed by atoms with Crippen molar-refractivity contribution in [3.63, 3.8) is 0 Å². The van der Waals surface area contributed by atoms with Crippen LogP contribution in [0.1, 0.15) is 20.3 Å². The molecule has 1 aromatic carbocycles. The van der Waals surface area contributed by atoms with Crippen molar-refractivity contribution in [3.8, 4) is 0 Å². The lowest BCUT2D eigenvalue weighted by Crippen LogP contribution is -2.11. The molecule has 0 aliphatic carbocycles. The van der Waals surface area contributed by atoms with Gasteiger partial charge in [-0.3, -0.25) is 0 Å². The molecule has 2 heteroatoms. The van der Waals surface area contributed by atoms with Crippen LogP contribution in [0.3, 0.4) is 0 Å². The Morgan fingerprint density at radius 1 is 1.31 bits per heavy atom. The molecule has 0 aliphatic heterocycles. The zero-order valence-electron chi connectivity index (χ0n) is 8.08. The van der Waals surface area contributed by atoms with Crippen molar-refractivity contribution in [3.05, 3.63) is 30.3 Å². The van der Waals surface area contributed by atoms with E-state index in [4.69, 9.17) is 12.2 Å². The highest BCUT2D eigenvalue weighted by Gasteiger charge is 2.00. The largest absolute Gasteiger partial charge is 0.350 e. The molecule has 13 heavy (non-hydrogen) atoms. The summed E-state index contributed by atoms with van der Waals surface area (Å²) in [5.41, 5.74) is 1.08. The number of para-hydroxylation sites is 1. The molecule has 70 valence electrons. The van der Waals surface area contributed by atoms with Gasteiger partial charge in [0.2, 0.25) is 0 Å². The van der Waals surface area contributed by atoms with Crippen molar-refractivity contribution in [1.29, 1.82) is 0 Å². The molecule has 0 heterocycles. The summed E-state index contributed by atoms with van der Waals surface area (Å²) in [6.07, 6.45) is 0.949. The maximum absolute atomic E-state index is 5.20. The third-order valence-corrected chi connectivity index (χ3v) is 1.92. The normalized spacial score (nSPS) is 10.1. The lowest BCUT2D eigenvalue weighted by Gasteiger charge is -2.09. The fraction of sp³-hybridized carbons (Fsp3) is 0.364. The monoisotopic (exact) mass is 193 g/mol. The molecule has 0 bridgehead atoms. The van der Waals surface area contributed by atoms with Crippen LogP contribution in [0.15, 0.2) is 30.3 Å². The molecule has 0 saturated heterocycles. The van der Waals surface area contributed by atoms with E-state index in [1.807, 2.05) is 30.3 Å². The summed E-state index contributed by atoms with van der Waals surface area (Å²) in [7, 11) is 0. The van der Waals surface area contributed by atoms with Gasteiger partial charge in [-0.25, -0.2) is 0 Å². The molecule has 0 amide bonds. The maximum atomic E-state index is 5.20. The van der Waals surface area contributed by atoms with Crippen LogP contribution in [0, 0.1) is 5.92 Å². The van der Waals surface area contributed by atoms with Crippen molar-refractivity contribution in [2.24, 2.45) is 5.92 Å². The Morgan fingerprint density at radius 3 is 2.46 bits per heavy atom. The summed E-state index contributed by atoms with van der Waals surface area (Å²) in [6.45, 7) is 4.33. The van der Waals surface area contributed by atoms with Crippen molar-refractivity contribution < 1.29 is 0 Å². The van der Waals surface area contributed by atoms with Gasteiger partial charge >= 0.3 is 0 Å². The van der Waals surface area contributed by atoms with Gasteiger partial charge < -0.3 is 5.32 Å². The van der Waals surface area contributed by atoms with Crippen LogP contribution in [0.2, 0.25) is 0 Å². The summed E-state index contributed by atoms with van der Waals surface area (Å²) in [4.78, 5) is 0.918. The Balaban J connectivity index is 2.46. The second-order valence-electron chi connectivity index (χ2n) is 3.51. The second-order valence-corrected chi connectivity index (χ2v) is 4.00. The predicted molar refractivity (Wildman–Crippen MR) is 62.1 cm³/mol. The van der Waals surface area contributed by atoms with Crippen LogP contribution in [0.5, 0.6) is 0 Å². The van der Waals surface area contributed by atoms with E-state index in [9.17, 15) is 0 Å². The minimum atomic E-state index is 0.615. The Bertz CT molecular complexity index is 267. The first-order chi connectivity index (χ1) is 6.18. The molecular weight excluding hydrogens is 178 g/mol. The van der Waals surface area contributed by atoms with Gasteiger partial charge in [0, 0.05) is 12.1 Å². The Hall–Kier alpha value is -0.890. The number of anilines is 1. The maximum Gasteiger partial charge on any atom is 0.0799 e. The summed E-state index contributed by atoms with van der Waals surface area (Å²) in [5.74, 6) is 0.615. The molecule has 0 radical (unpaired) electrons. The van der Waals surface area contributed by atoms with Gasteiger partial charge in [-0.2, -0.15) is 0 Å². The summed E-state index contributed by atoms with van der Waals surface area (Å²) >= 11 is 5.20. The number of hydrogen-bond donors (Lipinski definition) is 1. The van der Waals surface area contributed by atoms with E-state index in [1.165, 1.54) is 0 Å². The Labute approximate surface area is 85.2 Å².